The van der Waals surface area contributed by atoms with Gasteiger partial charge in [-0.1, -0.05) is 259 Å². The zero-order chi connectivity index (χ0) is 68.5. The second kappa shape index (κ2) is 54.5. The average molecular weight is 1350 g/mol. The van der Waals surface area contributed by atoms with Crippen molar-refractivity contribution in [3.63, 3.8) is 0 Å². The van der Waals surface area contributed by atoms with E-state index in [1.165, 1.54) is 77.0 Å². The van der Waals surface area contributed by atoms with Gasteiger partial charge >= 0.3 is 19.8 Å². The molecule has 2 aliphatic rings. The van der Waals surface area contributed by atoms with Crippen molar-refractivity contribution in [1.29, 1.82) is 0 Å². The first-order chi connectivity index (χ1) is 44.8. The first kappa shape index (κ1) is 86.7. The number of carbonyl (C=O) groups excluding carboxylic acids is 4. The minimum Gasteiger partial charge on any atom is -0.457 e. The monoisotopic (exact) mass is 1350 g/mol. The van der Waals surface area contributed by atoms with Gasteiger partial charge < -0.3 is 79.5 Å². The Balaban J connectivity index is 2.48. The van der Waals surface area contributed by atoms with E-state index in [1.807, 2.05) is 0 Å². The van der Waals surface area contributed by atoms with E-state index < -0.39 is 150 Å². The van der Waals surface area contributed by atoms with Gasteiger partial charge in [0.2, 0.25) is 11.8 Å². The Labute approximate surface area is 559 Å². The summed E-state index contributed by atoms with van der Waals surface area (Å²) in [4.78, 5) is 76.1. The van der Waals surface area contributed by atoms with Crippen molar-refractivity contribution < 1.29 is 97.1 Å². The standard InChI is InChI=1S/C70H133N2O20P/c1-6-11-15-19-23-27-31-35-39-43-53(74)47-59(78)71-63-67(90-61(80)49-55(76)45-41-37-33-29-25-21-17-13-8-3)65(82)58(89-69(63)86-10-5)52-87-70-64(72-60(79)48-54(75)44-40-36-32-28-24-20-16-12-7-2)68(66(57(51-73)88-70)92-93(83,84)85)91-62(81)50-56(77)46-42-38-34-30-26-22-18-14-9-4/h53-58,63-70,73-77,82H,6-52H2,1-5H3,(H,71,78)(H,72,79)(H2,83,84,85)/t53-,54-,55-,56-,57-,58-,63-,64-,65-,66+,67-,68-,69+,70-/m1/s1. The van der Waals surface area contributed by atoms with E-state index in [4.69, 9.17) is 32.9 Å². The average Bonchev–Trinajstić information content (AvgIpc) is 0.806. The first-order valence-electron chi connectivity index (χ1n) is 37.1. The number of ether oxygens (including phenoxy) is 6. The zero-order valence-corrected chi connectivity index (χ0v) is 59.1. The lowest BCUT2D eigenvalue weighted by atomic mass is 9.95. The summed E-state index contributed by atoms with van der Waals surface area (Å²) in [6.45, 7) is 8.65. The number of aliphatic hydroxyl groups excluding tert-OH is 6. The van der Waals surface area contributed by atoms with Gasteiger partial charge in [-0.2, -0.15) is 0 Å². The summed E-state index contributed by atoms with van der Waals surface area (Å²) in [7, 11) is -5.49. The molecule has 2 aliphatic heterocycles. The van der Waals surface area contributed by atoms with Crippen LogP contribution in [-0.4, -0.2) is 170 Å². The van der Waals surface area contributed by atoms with Gasteiger partial charge in [-0.15, -0.1) is 0 Å². The molecular formula is C70H133N2O20P. The van der Waals surface area contributed by atoms with Crippen molar-refractivity contribution in [3.05, 3.63) is 0 Å². The molecule has 23 heteroatoms. The summed E-state index contributed by atoms with van der Waals surface area (Å²) >= 11 is 0. The Bertz CT molecular complexity index is 1920. The topological polar surface area (TPSA) is 336 Å². The highest BCUT2D eigenvalue weighted by Gasteiger charge is 2.54. The fraction of sp³-hybridized carbons (Fsp3) is 0.943. The van der Waals surface area contributed by atoms with E-state index in [9.17, 15) is 64.2 Å². The molecule has 0 radical (unpaired) electrons. The van der Waals surface area contributed by atoms with Crippen LogP contribution in [0.5, 0.6) is 0 Å². The molecule has 22 nitrogen and oxygen atoms in total. The van der Waals surface area contributed by atoms with Crippen LogP contribution in [0.25, 0.3) is 0 Å². The van der Waals surface area contributed by atoms with Crippen LogP contribution in [0.15, 0.2) is 0 Å². The Kier molecular flexibility index (Phi) is 50.8. The quantitative estimate of drug-likeness (QED) is 0.0154. The summed E-state index contributed by atoms with van der Waals surface area (Å²) in [5.74, 6) is -3.38. The summed E-state index contributed by atoms with van der Waals surface area (Å²) in [6.07, 6.45) is 19.1. The minimum absolute atomic E-state index is 0.00897. The third kappa shape index (κ3) is 41.6. The molecule has 93 heavy (non-hydrogen) atoms. The molecule has 0 aromatic heterocycles. The van der Waals surface area contributed by atoms with Gasteiger partial charge in [0.1, 0.15) is 36.5 Å². The second-order valence-corrected chi connectivity index (χ2v) is 27.8. The van der Waals surface area contributed by atoms with Crippen molar-refractivity contribution in [3.8, 4) is 0 Å². The van der Waals surface area contributed by atoms with Crippen LogP contribution >= 0.6 is 7.82 Å². The van der Waals surface area contributed by atoms with Crippen molar-refractivity contribution in [2.75, 3.05) is 19.8 Å². The van der Waals surface area contributed by atoms with E-state index in [0.29, 0.717) is 38.5 Å². The van der Waals surface area contributed by atoms with E-state index in [0.717, 1.165) is 128 Å². The predicted octanol–water partition coefficient (Wildman–Crippen LogP) is 11.8. The molecule has 0 aliphatic carbocycles. The molecule has 10 N–H and O–H groups in total. The van der Waals surface area contributed by atoms with Crippen LogP contribution in [0, 0.1) is 0 Å². The Hall–Kier alpha value is -2.41. The van der Waals surface area contributed by atoms with Crippen LogP contribution in [0.4, 0.5) is 0 Å². The van der Waals surface area contributed by atoms with Gasteiger partial charge in [-0.3, -0.25) is 23.7 Å². The maximum absolute atomic E-state index is 14.1. The Morgan fingerprint density at radius 3 is 1.05 bits per heavy atom. The lowest BCUT2D eigenvalue weighted by Crippen LogP contribution is -2.68. The summed E-state index contributed by atoms with van der Waals surface area (Å²) in [6, 6.07) is -3.08. The van der Waals surface area contributed by atoms with E-state index >= 15 is 0 Å². The Morgan fingerprint density at radius 1 is 0.419 bits per heavy atom. The number of carbonyl (C=O) groups is 4. The molecule has 548 valence electrons. The van der Waals surface area contributed by atoms with Gasteiger partial charge in [-0.25, -0.2) is 4.57 Å². The lowest BCUT2D eigenvalue weighted by Gasteiger charge is -2.47. The van der Waals surface area contributed by atoms with Crippen LogP contribution < -0.4 is 10.6 Å². The van der Waals surface area contributed by atoms with Gasteiger partial charge in [0.05, 0.1) is 63.3 Å². The summed E-state index contributed by atoms with van der Waals surface area (Å²) in [5, 5.41) is 72.8. The maximum Gasteiger partial charge on any atom is 0.470 e. The maximum atomic E-state index is 14.1. The first-order valence-corrected chi connectivity index (χ1v) is 38.6. The number of phosphoric ester groups is 1. The number of aliphatic hydroxyl groups is 6. The number of rotatable bonds is 60. The lowest BCUT2D eigenvalue weighted by molar-refractivity contribution is -0.304. The molecule has 2 saturated heterocycles. The highest BCUT2D eigenvalue weighted by molar-refractivity contribution is 7.46. The number of hydrogen-bond acceptors (Lipinski definition) is 18. The van der Waals surface area contributed by atoms with Gasteiger partial charge in [0, 0.05) is 6.61 Å². The molecule has 0 spiro atoms. The molecule has 2 fully saturated rings. The highest BCUT2D eigenvalue weighted by Crippen LogP contribution is 2.43. The number of hydrogen-bond donors (Lipinski definition) is 10. The van der Waals surface area contributed by atoms with Crippen LogP contribution in [0.3, 0.4) is 0 Å². The van der Waals surface area contributed by atoms with Crippen LogP contribution in [0.1, 0.15) is 317 Å². The zero-order valence-electron chi connectivity index (χ0n) is 58.2. The van der Waals surface area contributed by atoms with Crippen molar-refractivity contribution in [1.82, 2.24) is 10.6 Å². The largest absolute Gasteiger partial charge is 0.470 e. The molecule has 14 atom stereocenters. The van der Waals surface area contributed by atoms with Gasteiger partial charge in [0.15, 0.2) is 24.8 Å². The molecular weight excluding hydrogens is 1220 g/mol. The van der Waals surface area contributed by atoms with Crippen molar-refractivity contribution >= 4 is 31.6 Å². The molecule has 2 amide bonds. The molecule has 0 aromatic rings. The van der Waals surface area contributed by atoms with Crippen molar-refractivity contribution in [2.24, 2.45) is 0 Å². The number of nitrogens with one attached hydrogen (secondary N) is 2. The number of amides is 2. The van der Waals surface area contributed by atoms with Crippen LogP contribution in [0.2, 0.25) is 0 Å². The number of unbranched alkanes of at least 4 members (excludes halogenated alkanes) is 32. The SMILES string of the molecule is CCCCCCCCCCC[C@@H](O)CC(=O)N[C@H]1[C@H](OC[C@H]2O[C@H](OCC)[C@H](NC(=O)C[C@H](O)CCCCCCCCCCC)[C@@H](OC(=O)C[C@H](O)CCCCCCCCCCC)[C@@H]2O)O[C@H](CO)[C@H](OP(=O)(O)O)[C@@H]1OC(=O)C[C@H](O)CCCCCCCCCCC. The predicted molar refractivity (Wildman–Crippen MR) is 358 cm³/mol. The van der Waals surface area contributed by atoms with E-state index in [2.05, 4.69) is 38.3 Å². The molecule has 0 bridgehead atoms. The smallest absolute Gasteiger partial charge is 0.457 e. The number of phosphoric acid groups is 1. The second-order valence-electron chi connectivity index (χ2n) is 26.6. The van der Waals surface area contributed by atoms with E-state index in [-0.39, 0.29) is 25.9 Å². The van der Waals surface area contributed by atoms with Gasteiger partial charge in [-0.05, 0) is 32.6 Å². The highest BCUT2D eigenvalue weighted by atomic mass is 31.2. The minimum atomic E-state index is -5.49. The fourth-order valence-electron chi connectivity index (χ4n) is 12.5. The van der Waals surface area contributed by atoms with Gasteiger partial charge in [0.25, 0.3) is 0 Å². The molecule has 0 saturated carbocycles. The summed E-state index contributed by atoms with van der Waals surface area (Å²) in [5.41, 5.74) is 0. The molecule has 2 heterocycles. The number of esters is 2. The Morgan fingerprint density at radius 2 is 0.720 bits per heavy atom. The third-order valence-electron chi connectivity index (χ3n) is 17.9. The van der Waals surface area contributed by atoms with E-state index in [1.54, 1.807) is 6.92 Å². The molecule has 2 rings (SSSR count). The normalized spacial score (nSPS) is 23.1. The third-order valence-corrected chi connectivity index (χ3v) is 18.4. The summed E-state index contributed by atoms with van der Waals surface area (Å²) < 4.78 is 54.5. The molecule has 0 unspecified atom stereocenters. The van der Waals surface area contributed by atoms with Crippen molar-refractivity contribution in [2.45, 2.75) is 403 Å². The van der Waals surface area contributed by atoms with Crippen LogP contribution in [-0.2, 0) is 56.7 Å². The fourth-order valence-corrected chi connectivity index (χ4v) is 13.1. The molecule has 0 aromatic carbocycles.